The lowest BCUT2D eigenvalue weighted by Crippen LogP contribution is -2.29. The molecule has 9 heteroatoms. The summed E-state index contributed by atoms with van der Waals surface area (Å²) in [6, 6.07) is 8.81. The molecule has 0 unspecified atom stereocenters. The van der Waals surface area contributed by atoms with Crippen LogP contribution in [-0.4, -0.2) is 104 Å². The third-order valence-corrected chi connectivity index (χ3v) is 6.27. The molecule has 3 N–H and O–H groups in total. The van der Waals surface area contributed by atoms with Gasteiger partial charge in [0.25, 0.3) is 0 Å². The second kappa shape index (κ2) is 15.3. The molecule has 0 amide bonds. The molecule has 0 spiro atoms. The van der Waals surface area contributed by atoms with Crippen LogP contribution in [0.2, 0.25) is 0 Å². The first-order chi connectivity index (χ1) is 17.7. The Morgan fingerprint density at radius 2 is 1.97 bits per heavy atom. The van der Waals surface area contributed by atoms with Gasteiger partial charge in [-0.15, -0.1) is 0 Å². The highest BCUT2D eigenvalue weighted by atomic mass is 16.5. The molecule has 0 bridgehead atoms. The van der Waals surface area contributed by atoms with Gasteiger partial charge in [0.2, 0.25) is 0 Å². The fraction of sp³-hybridized carbons (Fsp3) is 0.519. The number of rotatable bonds is 16. The first-order valence-electron chi connectivity index (χ1n) is 12.8. The second-order valence-corrected chi connectivity index (χ2v) is 8.91. The van der Waals surface area contributed by atoms with Crippen molar-refractivity contribution in [2.24, 2.45) is 15.0 Å². The first-order valence-corrected chi connectivity index (χ1v) is 12.8. The molecule has 36 heavy (non-hydrogen) atoms. The lowest BCUT2D eigenvalue weighted by molar-refractivity contribution is 0.145. The minimum absolute atomic E-state index is 0.572. The summed E-state index contributed by atoms with van der Waals surface area (Å²) in [5, 5.41) is 9.49. The Morgan fingerprint density at radius 1 is 1.17 bits per heavy atom. The van der Waals surface area contributed by atoms with Crippen LogP contribution in [-0.2, 0) is 11.2 Å². The second-order valence-electron chi connectivity index (χ2n) is 8.91. The van der Waals surface area contributed by atoms with Gasteiger partial charge in [-0.05, 0) is 58.4 Å². The summed E-state index contributed by atoms with van der Waals surface area (Å²) < 4.78 is 5.68. The van der Waals surface area contributed by atoms with Gasteiger partial charge in [-0.2, -0.15) is 0 Å². The summed E-state index contributed by atoms with van der Waals surface area (Å²) in [6.45, 7) is 11.1. The number of nitrogens with zero attached hydrogens (tertiary/aromatic N) is 5. The Bertz CT molecular complexity index is 951. The van der Waals surface area contributed by atoms with E-state index < -0.39 is 0 Å². The smallest absolute Gasteiger partial charge is 0.137 e. The highest BCUT2D eigenvalue weighted by molar-refractivity contribution is 6.24. The quantitative estimate of drug-likeness (QED) is 0.239. The Balaban J connectivity index is 1.73. The molecular formula is C27H42N8O. The third-order valence-electron chi connectivity index (χ3n) is 6.27. The van der Waals surface area contributed by atoms with Gasteiger partial charge in [0.15, 0.2) is 0 Å². The Hall–Kier alpha value is -2.85. The van der Waals surface area contributed by atoms with E-state index in [-0.39, 0.29) is 0 Å². The molecule has 0 fully saturated rings. The fourth-order valence-electron chi connectivity index (χ4n) is 4.22. The molecule has 2 aliphatic heterocycles. The van der Waals surface area contributed by atoms with Crippen LogP contribution < -0.4 is 20.9 Å². The molecule has 1 aromatic carbocycles. The summed E-state index contributed by atoms with van der Waals surface area (Å²) >= 11 is 0. The number of aliphatic imine (C=N–C) groups is 3. The van der Waals surface area contributed by atoms with Crippen LogP contribution in [0.25, 0.3) is 0 Å². The largest absolute Gasteiger partial charge is 0.378 e. The van der Waals surface area contributed by atoms with Gasteiger partial charge in [-0.3, -0.25) is 9.98 Å². The minimum atomic E-state index is 0.572. The standard InChI is InChI=1S/C27H42N8O/c1-28-11-16-34(4)14-9-22-5-7-24(8-6-22)35-15-10-25(27(35)30-3)26(23-19-31-21-32-20-23)33-13-18-36-17-12-29-2/h5-8,19-20,28-29,31H,3,9-18,21H2,1-2,4H3/b33-26-. The van der Waals surface area contributed by atoms with Crippen LogP contribution in [0, 0.1) is 0 Å². The molecule has 0 radical (unpaired) electrons. The van der Waals surface area contributed by atoms with Gasteiger partial charge < -0.3 is 30.5 Å². The average Bonchev–Trinajstić information content (AvgIpc) is 3.34. The first kappa shape index (κ1) is 27.7. The molecule has 3 rings (SSSR count). The molecule has 2 heterocycles. The number of nitrogens with one attached hydrogen (secondary N) is 3. The Kier molecular flexibility index (Phi) is 11.8. The van der Waals surface area contributed by atoms with Crippen molar-refractivity contribution in [3.8, 4) is 0 Å². The van der Waals surface area contributed by atoms with Crippen LogP contribution in [0.15, 0.2) is 62.4 Å². The van der Waals surface area contributed by atoms with Crippen molar-refractivity contribution in [2.45, 2.75) is 12.8 Å². The lowest BCUT2D eigenvalue weighted by Gasteiger charge is -2.21. The van der Waals surface area contributed by atoms with Crippen LogP contribution in [0.4, 0.5) is 5.69 Å². The molecule has 0 aromatic heterocycles. The van der Waals surface area contributed by atoms with E-state index in [1.54, 1.807) is 0 Å². The van der Waals surface area contributed by atoms with Gasteiger partial charge in [-0.25, -0.2) is 4.99 Å². The van der Waals surface area contributed by atoms with Gasteiger partial charge in [0, 0.05) is 62.0 Å². The normalized spacial score (nSPS) is 16.1. The van der Waals surface area contributed by atoms with Gasteiger partial charge in [0.1, 0.15) is 12.5 Å². The van der Waals surface area contributed by atoms with Crippen molar-refractivity contribution in [1.82, 2.24) is 20.9 Å². The number of ether oxygens (including phenoxy) is 1. The predicted octanol–water partition coefficient (Wildman–Crippen LogP) is 1.70. The highest BCUT2D eigenvalue weighted by Gasteiger charge is 2.28. The van der Waals surface area contributed by atoms with E-state index in [1.165, 1.54) is 5.56 Å². The van der Waals surface area contributed by atoms with E-state index in [4.69, 9.17) is 9.73 Å². The van der Waals surface area contributed by atoms with Crippen LogP contribution >= 0.6 is 0 Å². The van der Waals surface area contributed by atoms with Crippen LogP contribution in [0.5, 0.6) is 0 Å². The van der Waals surface area contributed by atoms with Crippen molar-refractivity contribution >= 4 is 24.3 Å². The van der Waals surface area contributed by atoms with Gasteiger partial charge in [0.05, 0.1) is 25.5 Å². The summed E-state index contributed by atoms with van der Waals surface area (Å²) in [5.74, 6) is 0.865. The lowest BCUT2D eigenvalue weighted by atomic mass is 10.0. The van der Waals surface area contributed by atoms with Crippen LogP contribution in [0.3, 0.4) is 0 Å². The molecule has 0 aliphatic carbocycles. The SMILES string of the molecule is C=NC1=C(/C(=N\CCOCCNC)C2=CNCN=C2)CCN1c1ccc(CCN(C)CCNC)cc1. The Labute approximate surface area is 216 Å². The molecule has 0 atom stereocenters. The van der Waals surface area contributed by atoms with Crippen molar-refractivity contribution < 1.29 is 4.74 Å². The minimum Gasteiger partial charge on any atom is -0.378 e. The number of hydrogen-bond acceptors (Lipinski definition) is 9. The molecule has 0 saturated carbocycles. The Morgan fingerprint density at radius 3 is 2.67 bits per heavy atom. The summed E-state index contributed by atoms with van der Waals surface area (Å²) in [6.07, 6.45) is 5.74. The molecular weight excluding hydrogens is 452 g/mol. The fourth-order valence-corrected chi connectivity index (χ4v) is 4.22. The van der Waals surface area contributed by atoms with Crippen LogP contribution in [0.1, 0.15) is 12.0 Å². The molecule has 1 aromatic rings. The van der Waals surface area contributed by atoms with E-state index >= 15 is 0 Å². The third kappa shape index (κ3) is 8.09. The van der Waals surface area contributed by atoms with Crippen molar-refractivity contribution in [1.29, 1.82) is 0 Å². The van der Waals surface area contributed by atoms with Crippen molar-refractivity contribution in [3.63, 3.8) is 0 Å². The molecule has 2 aliphatic rings. The van der Waals surface area contributed by atoms with E-state index in [2.05, 4.69) is 73.8 Å². The predicted molar refractivity (Wildman–Crippen MR) is 152 cm³/mol. The zero-order chi connectivity index (χ0) is 25.6. The summed E-state index contributed by atoms with van der Waals surface area (Å²) in [4.78, 5) is 18.3. The molecule has 196 valence electrons. The van der Waals surface area contributed by atoms with Gasteiger partial charge in [-0.1, -0.05) is 12.1 Å². The topological polar surface area (TPSA) is 88.9 Å². The van der Waals surface area contributed by atoms with Gasteiger partial charge >= 0.3 is 0 Å². The van der Waals surface area contributed by atoms with E-state index in [1.807, 2.05) is 26.5 Å². The highest BCUT2D eigenvalue weighted by Crippen LogP contribution is 2.32. The number of hydrogen-bond donors (Lipinski definition) is 3. The number of benzene rings is 1. The summed E-state index contributed by atoms with van der Waals surface area (Å²) in [7, 11) is 6.08. The van der Waals surface area contributed by atoms with E-state index in [0.29, 0.717) is 26.4 Å². The van der Waals surface area contributed by atoms with Crippen molar-refractivity contribution in [2.75, 3.05) is 85.2 Å². The van der Waals surface area contributed by atoms with Crippen molar-refractivity contribution in [3.05, 3.63) is 53.0 Å². The number of anilines is 1. The van der Waals surface area contributed by atoms with E-state index in [0.717, 1.165) is 73.9 Å². The zero-order valence-electron chi connectivity index (χ0n) is 22.1. The molecule has 9 nitrogen and oxygen atoms in total. The number of allylic oxidation sites excluding steroid dienone is 1. The molecule has 0 saturated heterocycles. The summed E-state index contributed by atoms with van der Waals surface area (Å²) in [5.41, 5.74) is 5.43. The monoisotopic (exact) mass is 494 g/mol. The average molecular weight is 495 g/mol. The maximum absolute atomic E-state index is 5.68. The van der Waals surface area contributed by atoms with E-state index in [9.17, 15) is 0 Å². The maximum atomic E-state index is 5.68. The zero-order valence-corrected chi connectivity index (χ0v) is 22.1. The number of likely N-dealkylation sites (N-methyl/N-ethyl adjacent to an activating group) is 3. The maximum Gasteiger partial charge on any atom is 0.137 e.